The molecule has 0 bridgehead atoms. The molecule has 1 rings (SSSR count). The number of carbonyl (C=O) groups excluding carboxylic acids is 1. The molecule has 0 unspecified atom stereocenters. The molecule has 1 N–H and O–H groups in total. The maximum atomic E-state index is 10.4. The molecule has 0 heterocycles. The number of carboxylic acids is 1. The molecule has 0 fully saturated rings. The lowest BCUT2D eigenvalue weighted by Crippen LogP contribution is -1.99. The lowest BCUT2D eigenvalue weighted by molar-refractivity contribution is -0.133. The molecule has 1 aliphatic carbocycles. The molecule has 0 aliphatic heterocycles. The van der Waals surface area contributed by atoms with Gasteiger partial charge in [-0.3, -0.25) is 4.79 Å². The second-order valence-electron chi connectivity index (χ2n) is 1.95. The van der Waals surface area contributed by atoms with Crippen LogP contribution in [0.2, 0.25) is 0 Å². The third kappa shape index (κ3) is 1.16. The Balaban J connectivity index is 2.65. The highest BCUT2D eigenvalue weighted by molar-refractivity contribution is 5.99. The van der Waals surface area contributed by atoms with Crippen LogP contribution in [0.4, 0.5) is 0 Å². The quantitative estimate of drug-likeness (QED) is 0.551. The van der Waals surface area contributed by atoms with Crippen molar-refractivity contribution in [2.45, 2.75) is 12.8 Å². The Labute approximate surface area is 52.0 Å². The summed E-state index contributed by atoms with van der Waals surface area (Å²) in [5.74, 6) is -0.978. The first-order valence-electron chi connectivity index (χ1n) is 2.64. The topological polar surface area (TPSA) is 54.4 Å². The third-order valence-corrected chi connectivity index (χ3v) is 1.24. The largest absolute Gasteiger partial charge is 0.478 e. The number of hydrogen-bond acceptors (Lipinski definition) is 2. The molecule has 9 heavy (non-hydrogen) atoms. The van der Waals surface area contributed by atoms with Crippen LogP contribution in [-0.4, -0.2) is 16.9 Å². The van der Waals surface area contributed by atoms with E-state index in [0.29, 0.717) is 6.42 Å². The third-order valence-electron chi connectivity index (χ3n) is 1.24. The molecular formula is C6H6O3. The standard InChI is InChI=1S/C6H6O3/c7-5-2-1-4(3-5)6(8)9/h1H,2-3H2,(H,8,9). The number of carbonyl (C=O) groups is 2. The zero-order valence-corrected chi connectivity index (χ0v) is 4.76. The molecule has 0 aromatic heterocycles. The minimum Gasteiger partial charge on any atom is -0.478 e. The molecule has 48 valence electrons. The van der Waals surface area contributed by atoms with Gasteiger partial charge in [0.2, 0.25) is 0 Å². The van der Waals surface area contributed by atoms with E-state index in [1.165, 1.54) is 6.08 Å². The average molecular weight is 126 g/mol. The van der Waals surface area contributed by atoms with Crippen LogP contribution in [0.5, 0.6) is 0 Å². The van der Waals surface area contributed by atoms with E-state index < -0.39 is 5.97 Å². The second-order valence-corrected chi connectivity index (χ2v) is 1.95. The van der Waals surface area contributed by atoms with Crippen LogP contribution in [0.15, 0.2) is 11.6 Å². The Bertz CT molecular complexity index is 190. The second kappa shape index (κ2) is 2.01. The fraction of sp³-hybridized carbons (Fsp3) is 0.333. The summed E-state index contributed by atoms with van der Waals surface area (Å²) in [5.41, 5.74) is 0.236. The molecule has 0 spiro atoms. The summed E-state index contributed by atoms with van der Waals surface area (Å²) in [7, 11) is 0. The van der Waals surface area contributed by atoms with E-state index >= 15 is 0 Å². The zero-order chi connectivity index (χ0) is 6.85. The van der Waals surface area contributed by atoms with Crippen molar-refractivity contribution >= 4 is 11.8 Å². The number of aliphatic carboxylic acids is 1. The maximum absolute atomic E-state index is 10.4. The maximum Gasteiger partial charge on any atom is 0.331 e. The Morgan fingerprint density at radius 1 is 1.67 bits per heavy atom. The molecule has 3 heteroatoms. The van der Waals surface area contributed by atoms with E-state index in [-0.39, 0.29) is 17.8 Å². The van der Waals surface area contributed by atoms with E-state index in [1.54, 1.807) is 0 Å². The molecule has 0 amide bonds. The number of hydrogen-bond donors (Lipinski definition) is 1. The summed E-state index contributed by atoms with van der Waals surface area (Å²) in [6, 6.07) is 0. The van der Waals surface area contributed by atoms with Gasteiger partial charge in [-0.2, -0.15) is 0 Å². The highest BCUT2D eigenvalue weighted by Gasteiger charge is 2.17. The fourth-order valence-electron chi connectivity index (χ4n) is 0.757. The predicted octanol–water partition coefficient (Wildman–Crippen LogP) is 0.360. The van der Waals surface area contributed by atoms with Gasteiger partial charge in [0.05, 0.1) is 0 Å². The number of allylic oxidation sites excluding steroid dienone is 1. The summed E-state index contributed by atoms with van der Waals surface area (Å²) in [6.07, 6.45) is 1.86. The van der Waals surface area contributed by atoms with Gasteiger partial charge in [0.15, 0.2) is 0 Å². The van der Waals surface area contributed by atoms with Crippen LogP contribution in [0, 0.1) is 0 Å². The van der Waals surface area contributed by atoms with Crippen LogP contribution in [-0.2, 0) is 9.59 Å². The molecule has 3 nitrogen and oxygen atoms in total. The summed E-state index contributed by atoms with van der Waals surface area (Å²) in [6.45, 7) is 0. The van der Waals surface area contributed by atoms with E-state index in [9.17, 15) is 9.59 Å². The van der Waals surface area contributed by atoms with Gasteiger partial charge in [-0.15, -0.1) is 0 Å². The van der Waals surface area contributed by atoms with Crippen LogP contribution < -0.4 is 0 Å². The SMILES string of the molecule is O=C1CC=C(C(=O)O)C1. The van der Waals surface area contributed by atoms with E-state index in [2.05, 4.69) is 0 Å². The lowest BCUT2D eigenvalue weighted by Gasteiger charge is -1.86. The fourth-order valence-corrected chi connectivity index (χ4v) is 0.757. The van der Waals surface area contributed by atoms with Crippen LogP contribution >= 0.6 is 0 Å². The van der Waals surface area contributed by atoms with Crippen molar-refractivity contribution in [1.29, 1.82) is 0 Å². The average Bonchev–Trinajstić information content (AvgIpc) is 2.14. The van der Waals surface area contributed by atoms with Gasteiger partial charge in [-0.25, -0.2) is 4.79 Å². The van der Waals surface area contributed by atoms with E-state index in [1.807, 2.05) is 0 Å². The number of rotatable bonds is 1. The smallest absolute Gasteiger partial charge is 0.331 e. The number of Topliss-reactive ketones (excluding diaryl/α,β-unsaturated/α-hetero) is 1. The van der Waals surface area contributed by atoms with Crippen molar-refractivity contribution in [1.82, 2.24) is 0 Å². The molecule has 0 atom stereocenters. The molecule has 1 aliphatic rings. The first-order chi connectivity index (χ1) is 4.20. The highest BCUT2D eigenvalue weighted by Crippen LogP contribution is 2.13. The molecule has 0 aromatic carbocycles. The van der Waals surface area contributed by atoms with E-state index in [0.717, 1.165) is 0 Å². The molecular weight excluding hydrogens is 120 g/mol. The summed E-state index contributed by atoms with van der Waals surface area (Å²) >= 11 is 0. The van der Waals surface area contributed by atoms with Crippen molar-refractivity contribution in [2.75, 3.05) is 0 Å². The highest BCUT2D eigenvalue weighted by atomic mass is 16.4. The number of carboxylic acid groups (broad SMARTS) is 1. The first kappa shape index (κ1) is 6.01. The minimum atomic E-state index is -0.971. The van der Waals surface area contributed by atoms with Gasteiger partial charge in [0.1, 0.15) is 5.78 Å². The van der Waals surface area contributed by atoms with Gasteiger partial charge in [0, 0.05) is 18.4 Å². The van der Waals surface area contributed by atoms with Crippen LogP contribution in [0.25, 0.3) is 0 Å². The van der Waals surface area contributed by atoms with Crippen LogP contribution in [0.3, 0.4) is 0 Å². The minimum absolute atomic E-state index is 0.00704. The van der Waals surface area contributed by atoms with Crippen LogP contribution in [0.1, 0.15) is 12.8 Å². The Morgan fingerprint density at radius 2 is 2.33 bits per heavy atom. The van der Waals surface area contributed by atoms with Gasteiger partial charge >= 0.3 is 5.97 Å². The summed E-state index contributed by atoms with van der Waals surface area (Å²) in [4.78, 5) is 20.6. The first-order valence-corrected chi connectivity index (χ1v) is 2.64. The summed E-state index contributed by atoms with van der Waals surface area (Å²) < 4.78 is 0. The van der Waals surface area contributed by atoms with Gasteiger partial charge < -0.3 is 5.11 Å². The van der Waals surface area contributed by atoms with Crippen molar-refractivity contribution in [2.24, 2.45) is 0 Å². The Morgan fingerprint density at radius 3 is 2.56 bits per heavy atom. The summed E-state index contributed by atoms with van der Waals surface area (Å²) in [5, 5.41) is 8.31. The Hall–Kier alpha value is -1.12. The number of ketones is 1. The van der Waals surface area contributed by atoms with Crippen molar-refractivity contribution < 1.29 is 14.7 Å². The van der Waals surface area contributed by atoms with E-state index in [4.69, 9.17) is 5.11 Å². The lowest BCUT2D eigenvalue weighted by atomic mass is 10.2. The van der Waals surface area contributed by atoms with Crippen molar-refractivity contribution in [3.8, 4) is 0 Å². The van der Waals surface area contributed by atoms with Gasteiger partial charge in [0.25, 0.3) is 0 Å². The van der Waals surface area contributed by atoms with Gasteiger partial charge in [-0.1, -0.05) is 6.08 Å². The zero-order valence-electron chi connectivity index (χ0n) is 4.76. The molecule has 0 radical (unpaired) electrons. The van der Waals surface area contributed by atoms with Crippen molar-refractivity contribution in [3.63, 3.8) is 0 Å². The predicted molar refractivity (Wildman–Crippen MR) is 30.0 cm³/mol. The normalized spacial score (nSPS) is 17.8. The monoisotopic (exact) mass is 126 g/mol. The molecule has 0 aromatic rings. The molecule has 0 saturated heterocycles. The molecule has 0 saturated carbocycles. The Kier molecular flexibility index (Phi) is 1.34. The van der Waals surface area contributed by atoms with Gasteiger partial charge in [-0.05, 0) is 0 Å². The van der Waals surface area contributed by atoms with Crippen molar-refractivity contribution in [3.05, 3.63) is 11.6 Å².